The summed E-state index contributed by atoms with van der Waals surface area (Å²) >= 11 is 0. The molecular formula is C21H17FO6. The third-order valence-electron chi connectivity index (χ3n) is 4.14. The first-order valence-electron chi connectivity index (χ1n) is 8.24. The number of benzene rings is 2. The van der Waals surface area contributed by atoms with Crippen molar-refractivity contribution in [1.82, 2.24) is 0 Å². The van der Waals surface area contributed by atoms with E-state index in [0.717, 1.165) is 6.07 Å². The highest BCUT2D eigenvalue weighted by Crippen LogP contribution is 2.42. The highest BCUT2D eigenvalue weighted by Gasteiger charge is 2.24. The summed E-state index contributed by atoms with van der Waals surface area (Å²) in [6.07, 6.45) is 0. The quantitative estimate of drug-likeness (QED) is 0.495. The predicted molar refractivity (Wildman–Crippen MR) is 101 cm³/mol. The lowest BCUT2D eigenvalue weighted by molar-refractivity contribution is 0.0726. The van der Waals surface area contributed by atoms with Crippen LogP contribution in [0.3, 0.4) is 0 Å². The Morgan fingerprint density at radius 1 is 0.857 bits per heavy atom. The van der Waals surface area contributed by atoms with E-state index in [1.807, 2.05) is 0 Å². The van der Waals surface area contributed by atoms with Crippen LogP contribution >= 0.6 is 0 Å². The average Bonchev–Trinajstić information content (AvgIpc) is 2.86. The fourth-order valence-corrected chi connectivity index (χ4v) is 2.82. The third-order valence-corrected chi connectivity index (χ3v) is 4.14. The molecule has 0 fully saturated rings. The summed E-state index contributed by atoms with van der Waals surface area (Å²) in [5.41, 5.74) is -0.792. The number of hydrogen-bond acceptors (Lipinski definition) is 6. The number of esters is 1. The molecular weight excluding hydrogens is 367 g/mol. The fraction of sp³-hybridized carbons (Fsp3) is 0.143. The highest BCUT2D eigenvalue weighted by atomic mass is 19.1. The monoisotopic (exact) mass is 384 g/mol. The molecule has 3 aromatic carbocycles. The van der Waals surface area contributed by atoms with Crippen LogP contribution in [0, 0.1) is 5.82 Å². The molecule has 3 aromatic rings. The molecule has 0 bridgehead atoms. The van der Waals surface area contributed by atoms with Gasteiger partial charge in [-0.05, 0) is 29.7 Å². The Kier molecular flexibility index (Phi) is 5.44. The molecule has 0 unspecified atom stereocenters. The van der Waals surface area contributed by atoms with Gasteiger partial charge in [0.2, 0.25) is 11.2 Å². The van der Waals surface area contributed by atoms with Gasteiger partial charge < -0.3 is 18.9 Å². The van der Waals surface area contributed by atoms with Crippen molar-refractivity contribution in [3.8, 4) is 23.0 Å². The Labute approximate surface area is 160 Å². The molecule has 0 aliphatic heterocycles. The zero-order valence-electron chi connectivity index (χ0n) is 15.4. The fourth-order valence-electron chi connectivity index (χ4n) is 2.82. The van der Waals surface area contributed by atoms with E-state index in [-0.39, 0.29) is 33.9 Å². The number of methoxy groups -OCH3 is 3. The first-order chi connectivity index (χ1) is 13.5. The van der Waals surface area contributed by atoms with Crippen LogP contribution in [0.15, 0.2) is 53.3 Å². The zero-order chi connectivity index (χ0) is 20.3. The standard InChI is InChI=1S/C21H17FO6/c1-25-15-10-6-7-12-11-16(26-2)19(27-3)20(17(12)18(15)23)28-21(24)13-8-4-5-9-14(13)22/h4-11H,1-3H3. The maximum atomic E-state index is 14.0. The minimum atomic E-state index is -0.976. The maximum absolute atomic E-state index is 14.0. The molecule has 0 atom stereocenters. The Bertz CT molecular complexity index is 1110. The van der Waals surface area contributed by atoms with Gasteiger partial charge in [0.25, 0.3) is 0 Å². The van der Waals surface area contributed by atoms with Crippen molar-refractivity contribution >= 4 is 16.7 Å². The van der Waals surface area contributed by atoms with Gasteiger partial charge in [0.05, 0.1) is 32.3 Å². The van der Waals surface area contributed by atoms with Gasteiger partial charge >= 0.3 is 5.97 Å². The summed E-state index contributed by atoms with van der Waals surface area (Å²) in [4.78, 5) is 25.5. The second-order valence-corrected chi connectivity index (χ2v) is 5.70. The van der Waals surface area contributed by atoms with Gasteiger partial charge in [0, 0.05) is 0 Å². The number of carbonyl (C=O) groups excluding carboxylic acids is 1. The molecule has 28 heavy (non-hydrogen) atoms. The first-order valence-corrected chi connectivity index (χ1v) is 8.24. The normalized spacial score (nSPS) is 10.4. The van der Waals surface area contributed by atoms with Crippen molar-refractivity contribution in [1.29, 1.82) is 0 Å². The number of halogens is 1. The van der Waals surface area contributed by atoms with E-state index in [4.69, 9.17) is 18.9 Å². The van der Waals surface area contributed by atoms with Gasteiger partial charge in [0.15, 0.2) is 17.2 Å². The Balaban J connectivity index is 2.32. The van der Waals surface area contributed by atoms with E-state index >= 15 is 0 Å². The van der Waals surface area contributed by atoms with Gasteiger partial charge in [-0.15, -0.1) is 0 Å². The molecule has 0 N–H and O–H groups in total. The number of hydrogen-bond donors (Lipinski definition) is 0. The van der Waals surface area contributed by atoms with Crippen LogP contribution in [0.1, 0.15) is 10.4 Å². The second-order valence-electron chi connectivity index (χ2n) is 5.70. The van der Waals surface area contributed by atoms with Crippen molar-refractivity contribution in [2.75, 3.05) is 21.3 Å². The molecule has 0 aliphatic rings. The second kappa shape index (κ2) is 7.96. The number of rotatable bonds is 5. The maximum Gasteiger partial charge on any atom is 0.346 e. The summed E-state index contributed by atoms with van der Waals surface area (Å²) in [7, 11) is 4.11. The Morgan fingerprint density at radius 2 is 1.57 bits per heavy atom. The minimum absolute atomic E-state index is 0.0324. The highest BCUT2D eigenvalue weighted by molar-refractivity contribution is 5.98. The lowest BCUT2D eigenvalue weighted by Crippen LogP contribution is -2.14. The van der Waals surface area contributed by atoms with E-state index < -0.39 is 17.2 Å². The minimum Gasteiger partial charge on any atom is -0.493 e. The molecule has 7 heteroatoms. The van der Waals surface area contributed by atoms with Gasteiger partial charge in [-0.1, -0.05) is 24.3 Å². The summed E-state index contributed by atoms with van der Waals surface area (Å²) in [5, 5.41) is 0.478. The lowest BCUT2D eigenvalue weighted by atomic mass is 10.1. The third kappa shape index (κ3) is 3.34. The van der Waals surface area contributed by atoms with Crippen molar-refractivity contribution < 1.29 is 28.1 Å². The van der Waals surface area contributed by atoms with Crippen LogP contribution in [0.5, 0.6) is 23.0 Å². The summed E-state index contributed by atoms with van der Waals surface area (Å²) in [5.74, 6) is -1.57. The van der Waals surface area contributed by atoms with Crippen LogP contribution in [0.4, 0.5) is 4.39 Å². The van der Waals surface area contributed by atoms with E-state index in [1.165, 1.54) is 45.6 Å². The Morgan fingerprint density at radius 3 is 2.21 bits per heavy atom. The molecule has 0 aliphatic carbocycles. The molecule has 0 amide bonds. The van der Waals surface area contributed by atoms with Crippen molar-refractivity contribution in [2.45, 2.75) is 0 Å². The van der Waals surface area contributed by atoms with Gasteiger partial charge in [-0.3, -0.25) is 4.79 Å². The summed E-state index contributed by atoms with van der Waals surface area (Å²) in [6, 6.07) is 11.7. The van der Waals surface area contributed by atoms with E-state index in [1.54, 1.807) is 18.2 Å². The van der Waals surface area contributed by atoms with Gasteiger partial charge in [-0.2, -0.15) is 0 Å². The average molecular weight is 384 g/mol. The molecule has 0 radical (unpaired) electrons. The SMILES string of the molecule is COc1cc2cccc(OC)c(=O)c2c(OC(=O)c2ccccc2F)c1OC. The first kappa shape index (κ1) is 19.2. The molecule has 0 spiro atoms. The van der Waals surface area contributed by atoms with Crippen LogP contribution in [0.2, 0.25) is 0 Å². The largest absolute Gasteiger partial charge is 0.493 e. The van der Waals surface area contributed by atoms with E-state index in [9.17, 15) is 14.0 Å². The molecule has 0 heterocycles. The van der Waals surface area contributed by atoms with Crippen LogP contribution < -0.4 is 24.4 Å². The lowest BCUT2D eigenvalue weighted by Gasteiger charge is -2.15. The van der Waals surface area contributed by atoms with Crippen LogP contribution in [0.25, 0.3) is 10.8 Å². The van der Waals surface area contributed by atoms with Crippen molar-refractivity contribution in [2.24, 2.45) is 0 Å². The molecule has 6 nitrogen and oxygen atoms in total. The Hall–Kier alpha value is -3.61. The summed E-state index contributed by atoms with van der Waals surface area (Å²) in [6.45, 7) is 0. The van der Waals surface area contributed by atoms with E-state index in [0.29, 0.717) is 5.39 Å². The predicted octanol–water partition coefficient (Wildman–Crippen LogP) is 3.58. The number of fused-ring (bicyclic) bond motifs is 1. The molecule has 0 saturated heterocycles. The van der Waals surface area contributed by atoms with Crippen molar-refractivity contribution in [3.63, 3.8) is 0 Å². The number of carbonyl (C=O) groups is 1. The molecule has 0 aromatic heterocycles. The smallest absolute Gasteiger partial charge is 0.346 e. The van der Waals surface area contributed by atoms with E-state index in [2.05, 4.69) is 0 Å². The molecule has 0 saturated carbocycles. The van der Waals surface area contributed by atoms with Gasteiger partial charge in [-0.25, -0.2) is 9.18 Å². The zero-order valence-corrected chi connectivity index (χ0v) is 15.4. The van der Waals surface area contributed by atoms with Gasteiger partial charge in [0.1, 0.15) is 5.82 Å². The molecule has 3 rings (SSSR count). The number of ether oxygens (including phenoxy) is 4. The van der Waals surface area contributed by atoms with Crippen molar-refractivity contribution in [3.05, 3.63) is 70.1 Å². The topological polar surface area (TPSA) is 71.1 Å². The van der Waals surface area contributed by atoms with Crippen LogP contribution in [-0.2, 0) is 0 Å². The summed E-state index contributed by atoms with van der Waals surface area (Å²) < 4.78 is 35.2. The molecule has 144 valence electrons. The van der Waals surface area contributed by atoms with Crippen LogP contribution in [-0.4, -0.2) is 27.3 Å².